The molecular formula is C20H14Cl3NO4S. The Labute approximate surface area is 186 Å². The fourth-order valence-corrected chi connectivity index (χ4v) is 4.06. The minimum atomic E-state index is -0.562. The molecule has 1 heterocycles. The summed E-state index contributed by atoms with van der Waals surface area (Å²) < 4.78 is 10.3. The molecule has 5 nitrogen and oxygen atoms in total. The topological polar surface area (TPSA) is 64.6 Å². The molecule has 29 heavy (non-hydrogen) atoms. The second kappa shape index (κ2) is 9.50. The molecule has 1 N–H and O–H groups in total. The molecular weight excluding hydrogens is 457 g/mol. The standard InChI is InChI=1S/C20H14Cl3NO4S/c1-27-20(26)18-14(11-2-4-12(21)5-3-11)10-29-19(18)24-17(25)9-28-16-7-6-13(22)8-15(16)23/h2-8,10H,9H2,1H3,(H,24,25). The van der Waals surface area contributed by atoms with Crippen molar-refractivity contribution in [3.8, 4) is 16.9 Å². The number of carbonyl (C=O) groups is 2. The lowest BCUT2D eigenvalue weighted by atomic mass is 10.0. The predicted molar refractivity (Wildman–Crippen MR) is 117 cm³/mol. The number of esters is 1. The molecule has 0 radical (unpaired) electrons. The van der Waals surface area contributed by atoms with Crippen LogP contribution in [-0.2, 0) is 9.53 Å². The summed E-state index contributed by atoms with van der Waals surface area (Å²) in [5, 5.41) is 6.14. The third-order valence-electron chi connectivity index (χ3n) is 3.84. The maximum absolute atomic E-state index is 12.3. The Balaban J connectivity index is 1.78. The van der Waals surface area contributed by atoms with Crippen LogP contribution in [0.15, 0.2) is 47.8 Å². The minimum absolute atomic E-state index is 0.262. The SMILES string of the molecule is COC(=O)c1c(-c2ccc(Cl)cc2)csc1NC(=O)COc1ccc(Cl)cc1Cl. The van der Waals surface area contributed by atoms with Crippen LogP contribution in [-0.4, -0.2) is 25.6 Å². The van der Waals surface area contributed by atoms with Crippen molar-refractivity contribution in [1.82, 2.24) is 0 Å². The van der Waals surface area contributed by atoms with Crippen molar-refractivity contribution < 1.29 is 19.1 Å². The normalized spacial score (nSPS) is 10.5. The number of benzene rings is 2. The highest BCUT2D eigenvalue weighted by Crippen LogP contribution is 2.36. The monoisotopic (exact) mass is 469 g/mol. The third kappa shape index (κ3) is 5.22. The van der Waals surface area contributed by atoms with Crippen molar-refractivity contribution in [3.05, 3.63) is 68.5 Å². The number of amides is 1. The van der Waals surface area contributed by atoms with E-state index in [2.05, 4.69) is 5.32 Å². The molecule has 0 bridgehead atoms. The van der Waals surface area contributed by atoms with Gasteiger partial charge in [-0.15, -0.1) is 11.3 Å². The van der Waals surface area contributed by atoms with Gasteiger partial charge in [0.05, 0.1) is 12.1 Å². The van der Waals surface area contributed by atoms with Gasteiger partial charge < -0.3 is 14.8 Å². The number of methoxy groups -OCH3 is 1. The van der Waals surface area contributed by atoms with Gasteiger partial charge in [-0.3, -0.25) is 4.79 Å². The number of ether oxygens (including phenoxy) is 2. The summed E-state index contributed by atoms with van der Waals surface area (Å²) in [4.78, 5) is 24.7. The molecule has 0 unspecified atom stereocenters. The van der Waals surface area contributed by atoms with E-state index in [1.807, 2.05) is 0 Å². The first-order valence-electron chi connectivity index (χ1n) is 8.22. The van der Waals surface area contributed by atoms with Gasteiger partial charge in [-0.25, -0.2) is 4.79 Å². The highest BCUT2D eigenvalue weighted by atomic mass is 35.5. The van der Waals surface area contributed by atoms with E-state index in [1.54, 1.807) is 41.8 Å². The predicted octanol–water partition coefficient (Wildman–Crippen LogP) is 6.18. The number of hydrogen-bond acceptors (Lipinski definition) is 5. The molecule has 1 amide bonds. The highest BCUT2D eigenvalue weighted by molar-refractivity contribution is 7.15. The van der Waals surface area contributed by atoms with Gasteiger partial charge in [0.15, 0.2) is 6.61 Å². The average Bonchev–Trinajstić information content (AvgIpc) is 3.10. The zero-order chi connectivity index (χ0) is 21.0. The number of halogens is 3. The zero-order valence-corrected chi connectivity index (χ0v) is 18.1. The molecule has 0 saturated heterocycles. The molecule has 0 spiro atoms. The third-order valence-corrected chi connectivity index (χ3v) is 5.52. The highest BCUT2D eigenvalue weighted by Gasteiger charge is 2.22. The molecule has 0 aliphatic rings. The Morgan fingerprint density at radius 3 is 2.38 bits per heavy atom. The number of thiophene rings is 1. The quantitative estimate of drug-likeness (QED) is 0.437. The Morgan fingerprint density at radius 2 is 1.72 bits per heavy atom. The lowest BCUT2D eigenvalue weighted by Gasteiger charge is -2.10. The molecule has 0 saturated carbocycles. The largest absolute Gasteiger partial charge is 0.482 e. The smallest absolute Gasteiger partial charge is 0.341 e. The van der Waals surface area contributed by atoms with Gasteiger partial charge in [-0.2, -0.15) is 0 Å². The van der Waals surface area contributed by atoms with E-state index in [-0.39, 0.29) is 12.2 Å². The van der Waals surface area contributed by atoms with E-state index >= 15 is 0 Å². The summed E-state index contributed by atoms with van der Waals surface area (Å²) in [6, 6.07) is 11.7. The van der Waals surface area contributed by atoms with Crippen molar-refractivity contribution in [3.63, 3.8) is 0 Å². The number of hydrogen-bond donors (Lipinski definition) is 1. The maximum Gasteiger partial charge on any atom is 0.341 e. The summed E-state index contributed by atoms with van der Waals surface area (Å²) in [5.41, 5.74) is 1.67. The Hall–Kier alpha value is -2.25. The summed E-state index contributed by atoms with van der Waals surface area (Å²) in [7, 11) is 1.28. The molecule has 3 rings (SSSR count). The molecule has 1 aromatic heterocycles. The van der Waals surface area contributed by atoms with Crippen LogP contribution < -0.4 is 10.1 Å². The second-order valence-electron chi connectivity index (χ2n) is 5.76. The fraction of sp³-hybridized carbons (Fsp3) is 0.100. The van der Waals surface area contributed by atoms with Crippen LogP contribution in [0.2, 0.25) is 15.1 Å². The van der Waals surface area contributed by atoms with Crippen molar-refractivity contribution in [1.29, 1.82) is 0 Å². The molecule has 0 atom stereocenters. The maximum atomic E-state index is 12.3. The summed E-state index contributed by atoms with van der Waals surface area (Å²) >= 11 is 19.0. The fourth-order valence-electron chi connectivity index (χ4n) is 2.49. The Bertz CT molecular complexity index is 1050. The van der Waals surface area contributed by atoms with Crippen LogP contribution in [0.1, 0.15) is 10.4 Å². The van der Waals surface area contributed by atoms with Crippen LogP contribution in [0.3, 0.4) is 0 Å². The molecule has 9 heteroatoms. The lowest BCUT2D eigenvalue weighted by molar-refractivity contribution is -0.118. The van der Waals surface area contributed by atoms with Crippen LogP contribution in [0, 0.1) is 0 Å². The molecule has 0 aliphatic carbocycles. The van der Waals surface area contributed by atoms with Crippen molar-refractivity contribution >= 4 is 63.0 Å². The van der Waals surface area contributed by atoms with E-state index in [1.165, 1.54) is 24.5 Å². The lowest BCUT2D eigenvalue weighted by Crippen LogP contribution is -2.21. The van der Waals surface area contributed by atoms with E-state index < -0.39 is 11.9 Å². The minimum Gasteiger partial charge on any atom is -0.482 e. The van der Waals surface area contributed by atoms with Crippen molar-refractivity contribution in [2.45, 2.75) is 0 Å². The van der Waals surface area contributed by atoms with Crippen molar-refractivity contribution in [2.24, 2.45) is 0 Å². The molecule has 2 aromatic carbocycles. The summed E-state index contributed by atoms with van der Waals surface area (Å²) in [6.45, 7) is -0.295. The van der Waals surface area contributed by atoms with Gasteiger partial charge in [0.1, 0.15) is 16.3 Å². The number of carbonyl (C=O) groups excluding carboxylic acids is 2. The first-order valence-corrected chi connectivity index (χ1v) is 10.2. The second-order valence-corrected chi connectivity index (χ2v) is 7.92. The molecule has 150 valence electrons. The summed E-state index contributed by atoms with van der Waals surface area (Å²) in [5.74, 6) is -0.689. The average molecular weight is 471 g/mol. The van der Waals surface area contributed by atoms with Crippen LogP contribution >= 0.6 is 46.1 Å². The number of nitrogens with one attached hydrogen (secondary N) is 1. The summed E-state index contributed by atoms with van der Waals surface area (Å²) in [6.07, 6.45) is 0. The molecule has 3 aromatic rings. The molecule has 0 aliphatic heterocycles. The van der Waals surface area contributed by atoms with Gasteiger partial charge in [-0.1, -0.05) is 46.9 Å². The van der Waals surface area contributed by atoms with Crippen molar-refractivity contribution in [2.75, 3.05) is 19.0 Å². The van der Waals surface area contributed by atoms with Gasteiger partial charge in [0, 0.05) is 21.0 Å². The number of anilines is 1. The first kappa shape index (κ1) is 21.5. The Kier molecular flexibility index (Phi) is 7.03. The van der Waals surface area contributed by atoms with Gasteiger partial charge in [0.25, 0.3) is 5.91 Å². The van der Waals surface area contributed by atoms with Gasteiger partial charge in [0.2, 0.25) is 0 Å². The van der Waals surface area contributed by atoms with Crippen LogP contribution in [0.4, 0.5) is 5.00 Å². The van der Waals surface area contributed by atoms with Crippen LogP contribution in [0.25, 0.3) is 11.1 Å². The van der Waals surface area contributed by atoms with Gasteiger partial charge in [-0.05, 0) is 35.9 Å². The van der Waals surface area contributed by atoms with E-state index in [4.69, 9.17) is 44.3 Å². The number of rotatable bonds is 6. The van der Waals surface area contributed by atoms with Crippen LogP contribution in [0.5, 0.6) is 5.75 Å². The van der Waals surface area contributed by atoms with E-state index in [0.29, 0.717) is 31.4 Å². The van der Waals surface area contributed by atoms with E-state index in [9.17, 15) is 9.59 Å². The van der Waals surface area contributed by atoms with E-state index in [0.717, 1.165) is 5.56 Å². The first-order chi connectivity index (χ1) is 13.9. The Morgan fingerprint density at radius 1 is 1.03 bits per heavy atom. The molecule has 0 fully saturated rings. The zero-order valence-electron chi connectivity index (χ0n) is 15.0. The van der Waals surface area contributed by atoms with Gasteiger partial charge >= 0.3 is 5.97 Å².